The van der Waals surface area contributed by atoms with Crippen LogP contribution in [-0.2, 0) is 6.18 Å². The van der Waals surface area contributed by atoms with Gasteiger partial charge in [0.15, 0.2) is 17.5 Å². The fraction of sp³-hybridized carbons (Fsp3) is 0.150. The van der Waals surface area contributed by atoms with Gasteiger partial charge in [-0.2, -0.15) is 18.4 Å². The van der Waals surface area contributed by atoms with E-state index in [-0.39, 0.29) is 11.4 Å². The average Bonchev–Trinajstić information content (AvgIpc) is 3.24. The molecule has 0 spiro atoms. The summed E-state index contributed by atoms with van der Waals surface area (Å²) >= 11 is 5.57. The zero-order valence-corrected chi connectivity index (χ0v) is 16.6. The Kier molecular flexibility index (Phi) is 6.48. The second-order valence-corrected chi connectivity index (χ2v) is 6.60. The predicted molar refractivity (Wildman–Crippen MR) is 105 cm³/mol. The number of anilines is 1. The molecule has 0 fully saturated rings. The lowest BCUT2D eigenvalue weighted by molar-refractivity contribution is -0.137. The van der Waals surface area contributed by atoms with Crippen LogP contribution in [0.2, 0.25) is 5.02 Å². The van der Waals surface area contributed by atoms with Gasteiger partial charge in [-0.3, -0.25) is 4.79 Å². The van der Waals surface area contributed by atoms with Crippen LogP contribution < -0.4 is 15.6 Å². The minimum atomic E-state index is -4.65. The number of alkyl halides is 3. The Morgan fingerprint density at radius 1 is 1.23 bits per heavy atom. The molecule has 2 N–H and O–H groups in total. The number of nitriles is 1. The molecule has 160 valence electrons. The normalized spacial score (nSPS) is 12.1. The lowest BCUT2D eigenvalue weighted by atomic mass is 10.1. The van der Waals surface area contributed by atoms with E-state index < -0.39 is 28.6 Å². The number of hydrazine groups is 1. The van der Waals surface area contributed by atoms with Gasteiger partial charge in [0, 0.05) is 17.3 Å². The van der Waals surface area contributed by atoms with Gasteiger partial charge in [-0.05, 0) is 42.5 Å². The lowest BCUT2D eigenvalue weighted by Gasteiger charge is -2.14. The molecule has 0 saturated heterocycles. The van der Waals surface area contributed by atoms with E-state index in [9.17, 15) is 23.2 Å². The van der Waals surface area contributed by atoms with Crippen molar-refractivity contribution in [2.75, 3.05) is 12.5 Å². The summed E-state index contributed by atoms with van der Waals surface area (Å²) in [6.07, 6.45) is -4.65. The van der Waals surface area contributed by atoms with Crippen molar-refractivity contribution in [1.82, 2.24) is 10.6 Å². The minimum absolute atomic E-state index is 0.0381. The largest absolute Gasteiger partial charge is 0.497 e. The molecular formula is C20H14ClF3N4O3. The summed E-state index contributed by atoms with van der Waals surface area (Å²) in [4.78, 5) is 12.6. The third-order valence-electron chi connectivity index (χ3n) is 4.16. The van der Waals surface area contributed by atoms with Crippen molar-refractivity contribution in [3.05, 3.63) is 64.8 Å². The number of aromatic nitrogens is 1. The standard InChI is InChI=1S/C20H14ClF3N4O3/c1-30-13-5-2-11(3-6-13)18-9-16(28-31-18)19(29)17(10-25)27-26-12-4-7-15(21)14(8-12)20(22,23)24/h2-9,17,26-27H,1H3. The summed E-state index contributed by atoms with van der Waals surface area (Å²) in [6, 6.07) is 11.5. The van der Waals surface area contributed by atoms with Crippen LogP contribution in [0.4, 0.5) is 18.9 Å². The van der Waals surface area contributed by atoms with Gasteiger partial charge in [0.1, 0.15) is 5.75 Å². The molecule has 31 heavy (non-hydrogen) atoms. The van der Waals surface area contributed by atoms with Crippen molar-refractivity contribution < 1.29 is 27.2 Å². The Bertz CT molecular complexity index is 1120. The molecule has 0 radical (unpaired) electrons. The molecule has 1 heterocycles. The first-order valence-corrected chi connectivity index (χ1v) is 9.04. The summed E-state index contributed by atoms with van der Waals surface area (Å²) in [7, 11) is 1.53. The third kappa shape index (κ3) is 5.14. The van der Waals surface area contributed by atoms with Crippen LogP contribution in [0, 0.1) is 11.3 Å². The van der Waals surface area contributed by atoms with E-state index >= 15 is 0 Å². The third-order valence-corrected chi connectivity index (χ3v) is 4.49. The maximum Gasteiger partial charge on any atom is 0.417 e. The van der Waals surface area contributed by atoms with Crippen molar-refractivity contribution in [2.45, 2.75) is 12.2 Å². The van der Waals surface area contributed by atoms with Gasteiger partial charge in [-0.15, -0.1) is 0 Å². The number of carbonyl (C=O) groups excluding carboxylic acids is 1. The van der Waals surface area contributed by atoms with Crippen molar-refractivity contribution >= 4 is 23.1 Å². The SMILES string of the molecule is COc1ccc(-c2cc(C(=O)C(C#N)NNc3ccc(Cl)c(C(F)(F)F)c3)no2)cc1. The predicted octanol–water partition coefficient (Wildman–Crippen LogP) is 4.71. The number of rotatable bonds is 7. The first-order chi connectivity index (χ1) is 14.7. The van der Waals surface area contributed by atoms with Crippen LogP contribution in [0.1, 0.15) is 16.1 Å². The van der Waals surface area contributed by atoms with Crippen LogP contribution in [0.5, 0.6) is 5.75 Å². The van der Waals surface area contributed by atoms with Gasteiger partial charge < -0.3 is 14.7 Å². The molecule has 0 bridgehead atoms. The lowest BCUT2D eigenvalue weighted by Crippen LogP contribution is -2.39. The molecule has 11 heteroatoms. The molecule has 1 atom stereocenters. The first-order valence-electron chi connectivity index (χ1n) is 8.66. The number of ketones is 1. The molecule has 0 amide bonds. The molecule has 7 nitrogen and oxygen atoms in total. The van der Waals surface area contributed by atoms with E-state index in [1.165, 1.54) is 19.2 Å². The smallest absolute Gasteiger partial charge is 0.417 e. The Morgan fingerprint density at radius 2 is 1.94 bits per heavy atom. The van der Waals surface area contributed by atoms with E-state index in [1.807, 2.05) is 0 Å². The van der Waals surface area contributed by atoms with Crippen LogP contribution >= 0.6 is 11.6 Å². The van der Waals surface area contributed by atoms with Crippen molar-refractivity contribution in [3.63, 3.8) is 0 Å². The highest BCUT2D eigenvalue weighted by Gasteiger charge is 2.33. The van der Waals surface area contributed by atoms with E-state index in [0.717, 1.165) is 12.1 Å². The molecule has 0 aliphatic rings. The van der Waals surface area contributed by atoms with E-state index in [2.05, 4.69) is 16.0 Å². The number of ether oxygens (including phenoxy) is 1. The maximum atomic E-state index is 13.0. The van der Waals surface area contributed by atoms with Gasteiger partial charge >= 0.3 is 6.18 Å². The van der Waals surface area contributed by atoms with Crippen molar-refractivity contribution in [2.24, 2.45) is 0 Å². The average molecular weight is 451 g/mol. The molecule has 1 aromatic heterocycles. The van der Waals surface area contributed by atoms with Crippen LogP contribution in [0.25, 0.3) is 11.3 Å². The Labute approximate surface area is 179 Å². The quantitative estimate of drug-likeness (QED) is 0.397. The zero-order valence-electron chi connectivity index (χ0n) is 15.8. The summed E-state index contributed by atoms with van der Waals surface area (Å²) in [5.41, 5.74) is 4.20. The zero-order chi connectivity index (χ0) is 22.6. The van der Waals surface area contributed by atoms with Gasteiger partial charge in [-0.1, -0.05) is 16.8 Å². The van der Waals surface area contributed by atoms with E-state index in [0.29, 0.717) is 17.1 Å². The number of nitrogens with zero attached hydrogens (tertiary/aromatic N) is 2. The Morgan fingerprint density at radius 3 is 2.55 bits per heavy atom. The van der Waals surface area contributed by atoms with E-state index in [4.69, 9.17) is 20.9 Å². The number of nitrogens with one attached hydrogen (secondary N) is 2. The topological polar surface area (TPSA) is 100 Å². The van der Waals surface area contributed by atoms with Crippen LogP contribution in [0.3, 0.4) is 0 Å². The molecule has 3 aromatic rings. The minimum Gasteiger partial charge on any atom is -0.497 e. The number of halogens is 4. The molecule has 0 aliphatic heterocycles. The van der Waals surface area contributed by atoms with Gasteiger partial charge in [-0.25, -0.2) is 5.43 Å². The molecule has 0 aliphatic carbocycles. The number of benzene rings is 2. The molecule has 1 unspecified atom stereocenters. The highest BCUT2D eigenvalue weighted by molar-refractivity contribution is 6.31. The van der Waals surface area contributed by atoms with Gasteiger partial charge in [0.05, 0.1) is 23.8 Å². The number of Topliss-reactive ketones (excluding diaryl/α,β-unsaturated/α-hetero) is 1. The molecule has 0 saturated carbocycles. The molecule has 2 aromatic carbocycles. The number of carbonyl (C=O) groups is 1. The van der Waals surface area contributed by atoms with Gasteiger partial charge in [0.2, 0.25) is 5.78 Å². The molecular weight excluding hydrogens is 437 g/mol. The van der Waals surface area contributed by atoms with Crippen LogP contribution in [-0.4, -0.2) is 24.1 Å². The van der Waals surface area contributed by atoms with E-state index in [1.54, 1.807) is 30.3 Å². The van der Waals surface area contributed by atoms with Crippen LogP contribution in [0.15, 0.2) is 53.1 Å². The first kappa shape index (κ1) is 22.1. The Hall–Kier alpha value is -3.55. The maximum absolute atomic E-state index is 13.0. The summed E-state index contributed by atoms with van der Waals surface area (Å²) < 4.78 is 49.1. The highest BCUT2D eigenvalue weighted by atomic mass is 35.5. The molecule has 3 rings (SSSR count). The summed E-state index contributed by atoms with van der Waals surface area (Å²) in [6.45, 7) is 0. The van der Waals surface area contributed by atoms with Crippen molar-refractivity contribution in [1.29, 1.82) is 5.26 Å². The summed E-state index contributed by atoms with van der Waals surface area (Å²) in [5.74, 6) is 0.196. The highest BCUT2D eigenvalue weighted by Crippen LogP contribution is 2.36. The van der Waals surface area contributed by atoms with Crippen molar-refractivity contribution in [3.8, 4) is 23.1 Å². The Balaban J connectivity index is 1.71. The summed E-state index contributed by atoms with van der Waals surface area (Å²) in [5, 5.41) is 12.5. The second kappa shape index (κ2) is 9.07. The number of methoxy groups -OCH3 is 1. The monoisotopic (exact) mass is 450 g/mol. The van der Waals surface area contributed by atoms with Gasteiger partial charge in [0.25, 0.3) is 0 Å². The second-order valence-electron chi connectivity index (χ2n) is 6.19. The fourth-order valence-corrected chi connectivity index (χ4v) is 2.79. The fourth-order valence-electron chi connectivity index (χ4n) is 2.56. The number of hydrogen-bond donors (Lipinski definition) is 2. The number of hydrogen-bond acceptors (Lipinski definition) is 7.